The summed E-state index contributed by atoms with van der Waals surface area (Å²) in [4.78, 5) is 12.1. The summed E-state index contributed by atoms with van der Waals surface area (Å²) in [5.41, 5.74) is 1.18. The van der Waals surface area contributed by atoms with Crippen molar-refractivity contribution in [2.24, 2.45) is 0 Å². The molecule has 0 saturated heterocycles. The summed E-state index contributed by atoms with van der Waals surface area (Å²) < 4.78 is 11.4. The zero-order valence-electron chi connectivity index (χ0n) is 11.4. The molecule has 4 nitrogen and oxygen atoms in total. The van der Waals surface area contributed by atoms with E-state index in [1.807, 2.05) is 12.1 Å². The molecule has 0 aliphatic heterocycles. The number of hydrogen-bond donors (Lipinski definition) is 1. The van der Waals surface area contributed by atoms with Crippen molar-refractivity contribution < 1.29 is 14.3 Å². The molecule has 21 heavy (non-hydrogen) atoms. The number of para-hydroxylation sites is 1. The smallest absolute Gasteiger partial charge is 0.253 e. The summed E-state index contributed by atoms with van der Waals surface area (Å²) in [6, 6.07) is 7.02. The number of carbonyl (C=O) groups is 1. The van der Waals surface area contributed by atoms with Gasteiger partial charge in [-0.25, -0.2) is 0 Å². The molecular weight excluding hydrogens is 333 g/mol. The SMILES string of the molecule is COc1cccc(CNC(=O)c2cc(Cl)sc2Cl)c1OC. The van der Waals surface area contributed by atoms with E-state index >= 15 is 0 Å². The van der Waals surface area contributed by atoms with Crippen LogP contribution in [0.25, 0.3) is 0 Å². The Hall–Kier alpha value is -1.43. The molecule has 0 spiro atoms. The van der Waals surface area contributed by atoms with E-state index in [0.717, 1.165) is 16.9 Å². The van der Waals surface area contributed by atoms with Gasteiger partial charge < -0.3 is 14.8 Å². The van der Waals surface area contributed by atoms with Gasteiger partial charge >= 0.3 is 0 Å². The molecule has 1 amide bonds. The summed E-state index contributed by atoms with van der Waals surface area (Å²) in [6.45, 7) is 0.295. The number of halogens is 2. The lowest BCUT2D eigenvalue weighted by molar-refractivity contribution is 0.0951. The Morgan fingerprint density at radius 2 is 2.05 bits per heavy atom. The number of hydrogen-bond acceptors (Lipinski definition) is 4. The highest BCUT2D eigenvalue weighted by Gasteiger charge is 2.15. The molecular formula is C14H13Cl2NO3S. The molecule has 2 aromatic rings. The first-order chi connectivity index (χ1) is 10.1. The topological polar surface area (TPSA) is 47.6 Å². The molecule has 1 aromatic carbocycles. The second kappa shape index (κ2) is 7.02. The van der Waals surface area contributed by atoms with E-state index in [2.05, 4.69) is 5.32 Å². The van der Waals surface area contributed by atoms with Crippen molar-refractivity contribution in [2.75, 3.05) is 14.2 Å². The Kier molecular flexibility index (Phi) is 5.33. The zero-order chi connectivity index (χ0) is 15.4. The van der Waals surface area contributed by atoms with Crippen molar-refractivity contribution in [3.05, 3.63) is 44.1 Å². The third-order valence-corrected chi connectivity index (χ3v) is 4.31. The van der Waals surface area contributed by atoms with Gasteiger partial charge in [-0.3, -0.25) is 4.79 Å². The fraction of sp³-hybridized carbons (Fsp3) is 0.214. The minimum absolute atomic E-state index is 0.284. The normalized spacial score (nSPS) is 10.3. The van der Waals surface area contributed by atoms with Crippen LogP contribution in [-0.2, 0) is 6.54 Å². The van der Waals surface area contributed by atoms with Gasteiger partial charge in [0, 0.05) is 12.1 Å². The van der Waals surface area contributed by atoms with Crippen LogP contribution >= 0.6 is 34.5 Å². The third kappa shape index (κ3) is 3.61. The quantitative estimate of drug-likeness (QED) is 0.890. The van der Waals surface area contributed by atoms with E-state index in [1.165, 1.54) is 0 Å². The lowest BCUT2D eigenvalue weighted by Gasteiger charge is -2.13. The maximum absolute atomic E-state index is 12.1. The molecule has 0 aliphatic rings. The predicted octanol–water partition coefficient (Wildman–Crippen LogP) is 4.00. The van der Waals surface area contributed by atoms with Crippen molar-refractivity contribution in [1.29, 1.82) is 0 Å². The number of carbonyl (C=O) groups excluding carboxylic acids is 1. The van der Waals surface area contributed by atoms with Crippen LogP contribution in [0.1, 0.15) is 15.9 Å². The number of benzene rings is 1. The van der Waals surface area contributed by atoms with E-state index in [0.29, 0.717) is 32.3 Å². The van der Waals surface area contributed by atoms with E-state index in [4.69, 9.17) is 32.7 Å². The molecule has 0 aliphatic carbocycles. The fourth-order valence-electron chi connectivity index (χ4n) is 1.86. The van der Waals surface area contributed by atoms with Crippen molar-refractivity contribution in [1.82, 2.24) is 5.32 Å². The highest BCUT2D eigenvalue weighted by Crippen LogP contribution is 2.32. The lowest BCUT2D eigenvalue weighted by atomic mass is 10.1. The average Bonchev–Trinajstić information content (AvgIpc) is 2.82. The molecule has 1 N–H and O–H groups in total. The first-order valence-corrected chi connectivity index (χ1v) is 7.57. The number of ether oxygens (including phenoxy) is 2. The van der Waals surface area contributed by atoms with Crippen LogP contribution in [0, 0.1) is 0 Å². The van der Waals surface area contributed by atoms with Crippen molar-refractivity contribution in [3.8, 4) is 11.5 Å². The van der Waals surface area contributed by atoms with Gasteiger partial charge in [0.25, 0.3) is 5.91 Å². The third-order valence-electron chi connectivity index (χ3n) is 2.83. The van der Waals surface area contributed by atoms with Gasteiger partial charge in [0.05, 0.1) is 24.1 Å². The lowest BCUT2D eigenvalue weighted by Crippen LogP contribution is -2.22. The molecule has 0 saturated carbocycles. The first kappa shape index (κ1) is 15.9. The van der Waals surface area contributed by atoms with E-state index in [9.17, 15) is 4.79 Å². The van der Waals surface area contributed by atoms with E-state index in [1.54, 1.807) is 26.4 Å². The van der Waals surface area contributed by atoms with Crippen molar-refractivity contribution in [3.63, 3.8) is 0 Å². The average molecular weight is 346 g/mol. The van der Waals surface area contributed by atoms with Crippen LogP contribution in [0.4, 0.5) is 0 Å². The molecule has 7 heteroatoms. The summed E-state index contributed by atoms with van der Waals surface area (Å²) in [6.07, 6.45) is 0. The van der Waals surface area contributed by atoms with Crippen LogP contribution in [0.5, 0.6) is 11.5 Å². The summed E-state index contributed by atoms with van der Waals surface area (Å²) in [7, 11) is 3.12. The van der Waals surface area contributed by atoms with Crippen LogP contribution in [0.3, 0.4) is 0 Å². The highest BCUT2D eigenvalue weighted by molar-refractivity contribution is 7.20. The number of methoxy groups -OCH3 is 2. The van der Waals surface area contributed by atoms with Gasteiger partial charge in [-0.15, -0.1) is 11.3 Å². The van der Waals surface area contributed by atoms with Crippen LogP contribution in [0.15, 0.2) is 24.3 Å². The zero-order valence-corrected chi connectivity index (χ0v) is 13.7. The van der Waals surface area contributed by atoms with Crippen LogP contribution in [-0.4, -0.2) is 20.1 Å². The van der Waals surface area contributed by atoms with Crippen molar-refractivity contribution in [2.45, 2.75) is 6.54 Å². The maximum atomic E-state index is 12.1. The Balaban J connectivity index is 2.13. The summed E-state index contributed by atoms with van der Waals surface area (Å²) in [5.74, 6) is 0.920. The largest absolute Gasteiger partial charge is 0.493 e. The highest BCUT2D eigenvalue weighted by atomic mass is 35.5. The Morgan fingerprint density at radius 3 is 2.62 bits per heavy atom. The van der Waals surface area contributed by atoms with Gasteiger partial charge in [-0.2, -0.15) is 0 Å². The molecule has 112 valence electrons. The molecule has 0 bridgehead atoms. The molecule has 0 fully saturated rings. The predicted molar refractivity (Wildman–Crippen MR) is 85.1 cm³/mol. The first-order valence-electron chi connectivity index (χ1n) is 5.99. The summed E-state index contributed by atoms with van der Waals surface area (Å²) in [5, 5.41) is 2.78. The fourth-order valence-corrected chi connectivity index (χ4v) is 3.32. The van der Waals surface area contributed by atoms with Gasteiger partial charge in [-0.1, -0.05) is 35.3 Å². The van der Waals surface area contributed by atoms with Gasteiger partial charge in [-0.05, 0) is 12.1 Å². The Bertz CT molecular complexity index is 658. The van der Waals surface area contributed by atoms with E-state index < -0.39 is 0 Å². The van der Waals surface area contributed by atoms with Gasteiger partial charge in [0.1, 0.15) is 4.34 Å². The minimum atomic E-state index is -0.284. The second-order valence-corrected chi connectivity index (χ2v) is 6.36. The van der Waals surface area contributed by atoms with Gasteiger partial charge in [0.2, 0.25) is 0 Å². The monoisotopic (exact) mass is 345 g/mol. The molecule has 1 heterocycles. The second-order valence-electron chi connectivity index (χ2n) is 4.07. The van der Waals surface area contributed by atoms with Crippen molar-refractivity contribution >= 4 is 40.4 Å². The molecule has 0 atom stereocenters. The molecule has 2 rings (SSSR count). The van der Waals surface area contributed by atoms with Gasteiger partial charge in [0.15, 0.2) is 11.5 Å². The van der Waals surface area contributed by atoms with E-state index in [-0.39, 0.29) is 5.91 Å². The molecule has 1 aromatic heterocycles. The Labute approximate surface area is 136 Å². The number of thiophene rings is 1. The number of rotatable bonds is 5. The molecule has 0 unspecified atom stereocenters. The van der Waals surface area contributed by atoms with Crippen LogP contribution < -0.4 is 14.8 Å². The van der Waals surface area contributed by atoms with Crippen LogP contribution in [0.2, 0.25) is 8.67 Å². The number of nitrogens with one attached hydrogen (secondary N) is 1. The minimum Gasteiger partial charge on any atom is -0.493 e. The standard InChI is InChI=1S/C14H13Cl2NO3S/c1-19-10-5-3-4-8(12(10)20-2)7-17-14(18)9-6-11(15)21-13(9)16/h3-6H,7H2,1-2H3,(H,17,18). The molecule has 0 radical (unpaired) electrons. The number of amides is 1. The Morgan fingerprint density at radius 1 is 1.29 bits per heavy atom. The maximum Gasteiger partial charge on any atom is 0.253 e. The summed E-state index contributed by atoms with van der Waals surface area (Å²) >= 11 is 12.9.